The van der Waals surface area contributed by atoms with Crippen molar-refractivity contribution in [3.05, 3.63) is 54.1 Å². The molecule has 146 valence electrons. The van der Waals surface area contributed by atoms with Crippen LogP contribution in [0, 0.1) is 23.1 Å². The summed E-state index contributed by atoms with van der Waals surface area (Å²) in [5.74, 6) is -0.492. The first kappa shape index (κ1) is 17.8. The Balaban J connectivity index is 1.39. The molecule has 1 saturated heterocycles. The SMILES string of the molecule is N#CC(NC(=O)[C@H]1NC2CCC1C2)c1ccc(-c2cnc3cccnn23)cc1F. The van der Waals surface area contributed by atoms with E-state index in [-0.39, 0.29) is 17.5 Å². The number of imidazole rings is 1. The maximum Gasteiger partial charge on any atom is 0.238 e. The second-order valence-corrected chi connectivity index (χ2v) is 7.66. The molecule has 2 aromatic heterocycles. The number of piperidine rings is 1. The highest BCUT2D eigenvalue weighted by atomic mass is 19.1. The molecular formula is C21H19FN6O. The first-order valence-electron chi connectivity index (χ1n) is 9.68. The van der Waals surface area contributed by atoms with Crippen molar-refractivity contribution in [3.8, 4) is 17.3 Å². The van der Waals surface area contributed by atoms with Crippen LogP contribution in [0.4, 0.5) is 4.39 Å². The molecule has 0 spiro atoms. The zero-order valence-electron chi connectivity index (χ0n) is 15.5. The van der Waals surface area contributed by atoms with Gasteiger partial charge in [-0.25, -0.2) is 13.9 Å². The van der Waals surface area contributed by atoms with Crippen LogP contribution >= 0.6 is 0 Å². The number of rotatable bonds is 4. The van der Waals surface area contributed by atoms with Gasteiger partial charge in [-0.2, -0.15) is 10.4 Å². The van der Waals surface area contributed by atoms with Gasteiger partial charge in [0.1, 0.15) is 11.9 Å². The van der Waals surface area contributed by atoms with Gasteiger partial charge in [-0.05, 0) is 43.4 Å². The molecule has 29 heavy (non-hydrogen) atoms. The summed E-state index contributed by atoms with van der Waals surface area (Å²) in [5, 5.41) is 19.8. The molecule has 2 N–H and O–H groups in total. The number of carbonyl (C=O) groups is 1. The van der Waals surface area contributed by atoms with E-state index in [0.29, 0.717) is 28.9 Å². The Morgan fingerprint density at radius 2 is 2.28 bits per heavy atom. The molecule has 3 aromatic rings. The van der Waals surface area contributed by atoms with Crippen LogP contribution in [0.25, 0.3) is 16.9 Å². The number of amides is 1. The molecule has 1 aliphatic carbocycles. The largest absolute Gasteiger partial charge is 0.335 e. The molecule has 3 unspecified atom stereocenters. The summed E-state index contributed by atoms with van der Waals surface area (Å²) < 4.78 is 16.5. The molecule has 1 saturated carbocycles. The van der Waals surface area contributed by atoms with Crippen molar-refractivity contribution in [1.82, 2.24) is 25.2 Å². The number of halogens is 1. The third kappa shape index (κ3) is 3.04. The number of nitrogens with one attached hydrogen (secondary N) is 2. The summed E-state index contributed by atoms with van der Waals surface area (Å²) in [4.78, 5) is 16.9. The maximum atomic E-state index is 14.9. The number of hydrogen-bond acceptors (Lipinski definition) is 5. The zero-order chi connectivity index (χ0) is 20.0. The van der Waals surface area contributed by atoms with E-state index in [0.717, 1.165) is 19.3 Å². The highest BCUT2D eigenvalue weighted by molar-refractivity contribution is 5.83. The Kier molecular flexibility index (Phi) is 4.25. The lowest BCUT2D eigenvalue weighted by molar-refractivity contribution is -0.124. The van der Waals surface area contributed by atoms with Gasteiger partial charge in [0.2, 0.25) is 5.91 Å². The number of fused-ring (bicyclic) bond motifs is 3. The molecule has 1 aliphatic heterocycles. The first-order valence-corrected chi connectivity index (χ1v) is 9.68. The summed E-state index contributed by atoms with van der Waals surface area (Å²) in [7, 11) is 0. The van der Waals surface area contributed by atoms with Crippen molar-refractivity contribution in [1.29, 1.82) is 5.26 Å². The minimum Gasteiger partial charge on any atom is -0.335 e. The van der Waals surface area contributed by atoms with Crippen molar-refractivity contribution in [3.63, 3.8) is 0 Å². The lowest BCUT2D eigenvalue weighted by Crippen LogP contribution is -2.48. The third-order valence-electron chi connectivity index (χ3n) is 5.94. The number of aromatic nitrogens is 3. The van der Waals surface area contributed by atoms with Gasteiger partial charge in [-0.1, -0.05) is 12.1 Å². The number of nitrogens with zero attached hydrogens (tertiary/aromatic N) is 4. The van der Waals surface area contributed by atoms with Crippen LogP contribution in [-0.2, 0) is 4.79 Å². The van der Waals surface area contributed by atoms with Crippen LogP contribution in [-0.4, -0.2) is 32.6 Å². The first-order chi connectivity index (χ1) is 14.1. The van der Waals surface area contributed by atoms with E-state index in [2.05, 4.69) is 20.7 Å². The molecule has 1 amide bonds. The summed E-state index contributed by atoms with van der Waals surface area (Å²) in [6, 6.07) is 9.24. The van der Waals surface area contributed by atoms with Gasteiger partial charge in [0.05, 0.1) is 24.0 Å². The Bertz CT molecular complexity index is 1140. The number of benzene rings is 1. The molecule has 2 bridgehead atoms. The summed E-state index contributed by atoms with van der Waals surface area (Å²) in [6.07, 6.45) is 6.36. The van der Waals surface area contributed by atoms with E-state index in [1.807, 2.05) is 12.1 Å². The number of carbonyl (C=O) groups excluding carboxylic acids is 1. The van der Waals surface area contributed by atoms with Crippen LogP contribution in [0.1, 0.15) is 30.9 Å². The Labute approximate surface area is 166 Å². The minimum atomic E-state index is -1.04. The summed E-state index contributed by atoms with van der Waals surface area (Å²) >= 11 is 0. The van der Waals surface area contributed by atoms with Gasteiger partial charge in [0, 0.05) is 23.4 Å². The van der Waals surface area contributed by atoms with E-state index in [1.54, 1.807) is 29.0 Å². The molecule has 8 heteroatoms. The fourth-order valence-electron chi connectivity index (χ4n) is 4.51. The van der Waals surface area contributed by atoms with Gasteiger partial charge >= 0.3 is 0 Å². The highest BCUT2D eigenvalue weighted by Crippen LogP contribution is 2.35. The molecule has 2 aliphatic rings. The average Bonchev–Trinajstić information content (AvgIpc) is 3.47. The predicted octanol–water partition coefficient (Wildman–Crippen LogP) is 2.36. The fourth-order valence-corrected chi connectivity index (χ4v) is 4.51. The van der Waals surface area contributed by atoms with Crippen LogP contribution < -0.4 is 10.6 Å². The van der Waals surface area contributed by atoms with Crippen LogP contribution in [0.2, 0.25) is 0 Å². The molecule has 5 rings (SSSR count). The normalized spacial score (nSPS) is 23.8. The Hall–Kier alpha value is -3.31. The van der Waals surface area contributed by atoms with E-state index < -0.39 is 11.9 Å². The fraction of sp³-hybridized carbons (Fsp3) is 0.333. The molecule has 3 heterocycles. The quantitative estimate of drug-likeness (QED) is 0.713. The van der Waals surface area contributed by atoms with Gasteiger partial charge in [-0.15, -0.1) is 0 Å². The monoisotopic (exact) mass is 390 g/mol. The molecule has 0 radical (unpaired) electrons. The minimum absolute atomic E-state index is 0.148. The van der Waals surface area contributed by atoms with Gasteiger partial charge in [0.25, 0.3) is 0 Å². The molecule has 1 aromatic carbocycles. The van der Waals surface area contributed by atoms with Crippen LogP contribution in [0.5, 0.6) is 0 Å². The third-order valence-corrected chi connectivity index (χ3v) is 5.94. The van der Waals surface area contributed by atoms with Crippen LogP contribution in [0.3, 0.4) is 0 Å². The average molecular weight is 390 g/mol. The second-order valence-electron chi connectivity index (χ2n) is 7.66. The standard InChI is InChI=1S/C21H19FN6O/c22-16-9-12(18-11-24-19-2-1-7-25-28(18)19)4-6-15(16)17(10-23)27-21(29)20-13-3-5-14(8-13)26-20/h1-2,4,6-7,9,11,13-14,17,20,26H,3,5,8H2,(H,27,29)/t13?,14?,17?,20-/m0/s1. The molecule has 7 nitrogen and oxygen atoms in total. The van der Waals surface area contributed by atoms with Crippen LogP contribution in [0.15, 0.2) is 42.7 Å². The van der Waals surface area contributed by atoms with Gasteiger partial charge in [0.15, 0.2) is 5.65 Å². The predicted molar refractivity (Wildman–Crippen MR) is 103 cm³/mol. The van der Waals surface area contributed by atoms with Crippen molar-refractivity contribution < 1.29 is 9.18 Å². The molecular weight excluding hydrogens is 371 g/mol. The molecule has 4 atom stereocenters. The summed E-state index contributed by atoms with van der Waals surface area (Å²) in [5.41, 5.74) is 2.05. The van der Waals surface area contributed by atoms with E-state index in [4.69, 9.17) is 0 Å². The van der Waals surface area contributed by atoms with Gasteiger partial charge < -0.3 is 10.6 Å². The lowest BCUT2D eigenvalue weighted by atomic mass is 9.98. The van der Waals surface area contributed by atoms with Crippen molar-refractivity contribution in [2.24, 2.45) is 5.92 Å². The summed E-state index contributed by atoms with van der Waals surface area (Å²) in [6.45, 7) is 0. The Morgan fingerprint density at radius 1 is 1.38 bits per heavy atom. The smallest absolute Gasteiger partial charge is 0.238 e. The second kappa shape index (κ2) is 6.94. The number of hydrogen-bond donors (Lipinski definition) is 2. The van der Waals surface area contributed by atoms with Gasteiger partial charge in [-0.3, -0.25) is 4.79 Å². The lowest BCUT2D eigenvalue weighted by Gasteiger charge is -2.24. The Morgan fingerprint density at radius 3 is 3.00 bits per heavy atom. The topological polar surface area (TPSA) is 95.1 Å². The van der Waals surface area contributed by atoms with E-state index in [9.17, 15) is 14.4 Å². The van der Waals surface area contributed by atoms with E-state index in [1.165, 1.54) is 12.1 Å². The van der Waals surface area contributed by atoms with Crippen molar-refractivity contribution in [2.45, 2.75) is 37.4 Å². The highest BCUT2D eigenvalue weighted by Gasteiger charge is 2.43. The van der Waals surface area contributed by atoms with E-state index >= 15 is 0 Å². The van der Waals surface area contributed by atoms with Crippen molar-refractivity contribution >= 4 is 11.6 Å². The van der Waals surface area contributed by atoms with Crippen molar-refractivity contribution in [2.75, 3.05) is 0 Å². The zero-order valence-corrected chi connectivity index (χ0v) is 15.5. The molecule has 2 fully saturated rings. The maximum absolute atomic E-state index is 14.9. The number of nitriles is 1.